The fraction of sp³-hybridized carbons (Fsp3) is 0.647. The minimum atomic E-state index is -0.146. The van der Waals surface area contributed by atoms with Crippen LogP contribution in [0.2, 0.25) is 0 Å². The minimum Gasteiger partial charge on any atom is -0.368 e. The van der Waals surface area contributed by atoms with Gasteiger partial charge >= 0.3 is 0 Å². The maximum Gasteiger partial charge on any atom is 0.123 e. The maximum atomic E-state index is 13.5. The van der Waals surface area contributed by atoms with Crippen LogP contribution in [0.3, 0.4) is 0 Å². The highest BCUT2D eigenvalue weighted by Gasteiger charge is 2.29. The first-order valence-electron chi connectivity index (χ1n) is 7.78. The highest BCUT2D eigenvalue weighted by molar-refractivity contribution is 5.55. The summed E-state index contributed by atoms with van der Waals surface area (Å²) in [7, 11) is 0. The SMILES string of the molecule is CCNCc1cc(F)ccc1N1CC(C)CC(C)C1C. The predicted octanol–water partition coefficient (Wildman–Crippen LogP) is 3.81. The zero-order valence-corrected chi connectivity index (χ0v) is 13.1. The number of piperidine rings is 1. The van der Waals surface area contributed by atoms with Crippen molar-refractivity contribution >= 4 is 5.69 Å². The Labute approximate surface area is 122 Å². The summed E-state index contributed by atoms with van der Waals surface area (Å²) in [6.07, 6.45) is 1.28. The van der Waals surface area contributed by atoms with Crippen LogP contribution in [0.1, 0.15) is 39.7 Å². The lowest BCUT2D eigenvalue weighted by atomic mass is 9.85. The molecule has 0 radical (unpaired) electrons. The van der Waals surface area contributed by atoms with Crippen molar-refractivity contribution in [3.05, 3.63) is 29.6 Å². The van der Waals surface area contributed by atoms with Crippen LogP contribution in [-0.2, 0) is 6.54 Å². The summed E-state index contributed by atoms with van der Waals surface area (Å²) in [5, 5.41) is 3.32. The third kappa shape index (κ3) is 3.32. The fourth-order valence-electron chi connectivity index (χ4n) is 3.27. The second-order valence-corrected chi connectivity index (χ2v) is 6.26. The molecule has 0 spiro atoms. The molecule has 1 aromatic rings. The lowest BCUT2D eigenvalue weighted by molar-refractivity contribution is 0.296. The smallest absolute Gasteiger partial charge is 0.123 e. The Morgan fingerprint density at radius 3 is 2.75 bits per heavy atom. The summed E-state index contributed by atoms with van der Waals surface area (Å²) in [4.78, 5) is 2.46. The topological polar surface area (TPSA) is 15.3 Å². The van der Waals surface area contributed by atoms with Crippen LogP contribution in [0.25, 0.3) is 0 Å². The number of hydrogen-bond acceptors (Lipinski definition) is 2. The zero-order chi connectivity index (χ0) is 14.7. The predicted molar refractivity (Wildman–Crippen MR) is 83.5 cm³/mol. The van der Waals surface area contributed by atoms with E-state index < -0.39 is 0 Å². The van der Waals surface area contributed by atoms with Gasteiger partial charge in [-0.3, -0.25) is 0 Å². The Balaban J connectivity index is 2.30. The Morgan fingerprint density at radius 2 is 2.05 bits per heavy atom. The molecule has 1 heterocycles. The second kappa shape index (κ2) is 6.57. The molecule has 3 atom stereocenters. The Hall–Kier alpha value is -1.09. The van der Waals surface area contributed by atoms with Crippen molar-refractivity contribution in [1.82, 2.24) is 5.32 Å². The molecule has 1 N–H and O–H groups in total. The molecular weight excluding hydrogens is 251 g/mol. The standard InChI is InChI=1S/C17H27FN2/c1-5-19-10-15-9-16(18)6-7-17(15)20-11-12(2)8-13(3)14(20)4/h6-7,9,12-14,19H,5,8,10-11H2,1-4H3. The number of anilines is 1. The van der Waals surface area contributed by atoms with E-state index in [0.29, 0.717) is 17.9 Å². The van der Waals surface area contributed by atoms with Gasteiger partial charge in [0.1, 0.15) is 5.82 Å². The molecule has 2 rings (SSSR count). The molecule has 2 nitrogen and oxygen atoms in total. The van der Waals surface area contributed by atoms with Crippen LogP contribution < -0.4 is 10.2 Å². The zero-order valence-electron chi connectivity index (χ0n) is 13.1. The van der Waals surface area contributed by atoms with Crippen molar-refractivity contribution < 1.29 is 4.39 Å². The number of hydrogen-bond donors (Lipinski definition) is 1. The Morgan fingerprint density at radius 1 is 1.30 bits per heavy atom. The van der Waals surface area contributed by atoms with Gasteiger partial charge in [0.2, 0.25) is 0 Å². The molecule has 0 saturated carbocycles. The quantitative estimate of drug-likeness (QED) is 0.901. The summed E-state index contributed by atoms with van der Waals surface area (Å²) in [5.41, 5.74) is 2.26. The average Bonchev–Trinajstić information content (AvgIpc) is 2.41. The van der Waals surface area contributed by atoms with E-state index in [1.807, 2.05) is 6.07 Å². The van der Waals surface area contributed by atoms with Crippen molar-refractivity contribution in [1.29, 1.82) is 0 Å². The molecule has 1 aromatic carbocycles. The van der Waals surface area contributed by atoms with Crippen molar-refractivity contribution in [2.75, 3.05) is 18.0 Å². The number of benzene rings is 1. The van der Waals surface area contributed by atoms with Crippen molar-refractivity contribution in [2.24, 2.45) is 11.8 Å². The summed E-state index contributed by atoms with van der Waals surface area (Å²) in [6.45, 7) is 11.7. The number of nitrogens with one attached hydrogen (secondary N) is 1. The first-order chi connectivity index (χ1) is 9.52. The highest BCUT2D eigenvalue weighted by atomic mass is 19.1. The molecule has 1 aliphatic rings. The van der Waals surface area contributed by atoms with E-state index in [9.17, 15) is 4.39 Å². The second-order valence-electron chi connectivity index (χ2n) is 6.26. The fourth-order valence-corrected chi connectivity index (χ4v) is 3.27. The first-order valence-corrected chi connectivity index (χ1v) is 7.78. The van der Waals surface area contributed by atoms with Crippen molar-refractivity contribution in [3.63, 3.8) is 0 Å². The number of rotatable bonds is 4. The molecule has 0 aliphatic carbocycles. The van der Waals surface area contributed by atoms with Gasteiger partial charge in [0.25, 0.3) is 0 Å². The van der Waals surface area contributed by atoms with E-state index in [2.05, 4.69) is 37.9 Å². The molecule has 0 amide bonds. The molecule has 1 aliphatic heterocycles. The largest absolute Gasteiger partial charge is 0.368 e. The molecule has 3 heteroatoms. The lowest BCUT2D eigenvalue weighted by Gasteiger charge is -2.43. The first kappa shape index (κ1) is 15.3. The van der Waals surface area contributed by atoms with E-state index in [1.54, 1.807) is 12.1 Å². The summed E-state index contributed by atoms with van der Waals surface area (Å²) in [5.74, 6) is 1.22. The number of halogens is 1. The van der Waals surface area contributed by atoms with Crippen LogP contribution >= 0.6 is 0 Å². The Bertz CT molecular complexity index is 447. The molecule has 0 bridgehead atoms. The van der Waals surface area contributed by atoms with E-state index in [1.165, 1.54) is 12.1 Å². The molecule has 0 aromatic heterocycles. The van der Waals surface area contributed by atoms with E-state index in [-0.39, 0.29) is 5.82 Å². The molecule has 1 saturated heterocycles. The number of nitrogens with zero attached hydrogens (tertiary/aromatic N) is 1. The lowest BCUT2D eigenvalue weighted by Crippen LogP contribution is -2.46. The summed E-state index contributed by atoms with van der Waals surface area (Å²) >= 11 is 0. The van der Waals surface area contributed by atoms with Gasteiger partial charge in [-0.2, -0.15) is 0 Å². The third-order valence-corrected chi connectivity index (χ3v) is 4.51. The van der Waals surface area contributed by atoms with Gasteiger partial charge < -0.3 is 10.2 Å². The molecule has 112 valence electrons. The van der Waals surface area contributed by atoms with Gasteiger partial charge in [-0.25, -0.2) is 4.39 Å². The normalized spacial score (nSPS) is 26.9. The van der Waals surface area contributed by atoms with Gasteiger partial charge in [0.05, 0.1) is 0 Å². The average molecular weight is 278 g/mol. The maximum absolute atomic E-state index is 13.5. The van der Waals surface area contributed by atoms with Crippen LogP contribution in [0.4, 0.5) is 10.1 Å². The van der Waals surface area contributed by atoms with Crippen LogP contribution in [0, 0.1) is 17.7 Å². The molecule has 3 unspecified atom stereocenters. The molecular formula is C17H27FN2. The van der Waals surface area contributed by atoms with Crippen LogP contribution in [0.15, 0.2) is 18.2 Å². The monoisotopic (exact) mass is 278 g/mol. The Kier molecular flexibility index (Phi) is 5.03. The van der Waals surface area contributed by atoms with Crippen LogP contribution in [-0.4, -0.2) is 19.1 Å². The van der Waals surface area contributed by atoms with Gasteiger partial charge in [0.15, 0.2) is 0 Å². The van der Waals surface area contributed by atoms with Gasteiger partial charge in [-0.15, -0.1) is 0 Å². The molecule has 1 fully saturated rings. The van der Waals surface area contributed by atoms with E-state index in [4.69, 9.17) is 0 Å². The summed E-state index contributed by atoms with van der Waals surface area (Å²) in [6, 6.07) is 5.72. The van der Waals surface area contributed by atoms with E-state index in [0.717, 1.165) is 25.2 Å². The van der Waals surface area contributed by atoms with E-state index >= 15 is 0 Å². The van der Waals surface area contributed by atoms with Gasteiger partial charge in [-0.1, -0.05) is 20.8 Å². The summed E-state index contributed by atoms with van der Waals surface area (Å²) < 4.78 is 13.5. The highest BCUT2D eigenvalue weighted by Crippen LogP contribution is 2.33. The van der Waals surface area contributed by atoms with Crippen LogP contribution in [0.5, 0.6) is 0 Å². The third-order valence-electron chi connectivity index (χ3n) is 4.51. The minimum absolute atomic E-state index is 0.146. The molecule has 20 heavy (non-hydrogen) atoms. The van der Waals surface area contributed by atoms with Gasteiger partial charge in [0, 0.05) is 24.8 Å². The van der Waals surface area contributed by atoms with Crippen molar-refractivity contribution in [2.45, 2.75) is 46.7 Å². The van der Waals surface area contributed by atoms with Crippen molar-refractivity contribution in [3.8, 4) is 0 Å². The van der Waals surface area contributed by atoms with Gasteiger partial charge in [-0.05, 0) is 55.5 Å².